The van der Waals surface area contributed by atoms with Gasteiger partial charge in [0.2, 0.25) is 11.8 Å². The van der Waals surface area contributed by atoms with Crippen molar-refractivity contribution < 1.29 is 14.3 Å². The number of rotatable bonds is 8. The van der Waals surface area contributed by atoms with Crippen molar-refractivity contribution >= 4 is 41.0 Å². The highest BCUT2D eigenvalue weighted by Crippen LogP contribution is 2.27. The monoisotopic (exact) mass is 418 g/mol. The van der Waals surface area contributed by atoms with Crippen molar-refractivity contribution in [3.8, 4) is 5.75 Å². The Labute approximate surface area is 180 Å². The van der Waals surface area contributed by atoms with Gasteiger partial charge in [0.15, 0.2) is 0 Å². The van der Waals surface area contributed by atoms with Crippen molar-refractivity contribution in [1.82, 2.24) is 0 Å². The van der Waals surface area contributed by atoms with Crippen LogP contribution in [0.3, 0.4) is 0 Å². The second-order valence-electron chi connectivity index (χ2n) is 6.29. The van der Waals surface area contributed by atoms with Crippen molar-refractivity contribution in [3.63, 3.8) is 0 Å². The third kappa shape index (κ3) is 6.53. The van der Waals surface area contributed by atoms with E-state index in [9.17, 15) is 9.59 Å². The normalized spacial score (nSPS) is 10.6. The Morgan fingerprint density at radius 2 is 1.60 bits per heavy atom. The van der Waals surface area contributed by atoms with Crippen LogP contribution in [0.1, 0.15) is 5.56 Å². The van der Waals surface area contributed by atoms with Gasteiger partial charge in [0, 0.05) is 16.7 Å². The number of hydrogen-bond acceptors (Lipinski definition) is 4. The van der Waals surface area contributed by atoms with Crippen LogP contribution < -0.4 is 15.4 Å². The molecule has 0 heterocycles. The molecular formula is C24H22N2O3S. The molecule has 0 aliphatic rings. The Balaban J connectivity index is 1.56. The molecule has 0 atom stereocenters. The van der Waals surface area contributed by atoms with Crippen LogP contribution in [0.2, 0.25) is 0 Å². The standard InChI is InChI=1S/C24H22N2O3S/c1-29-20-14-12-19(13-15-20)25-24(28)17-30-22-10-6-5-9-21(22)26-23(27)16-11-18-7-3-2-4-8-18/h2-16H,17H2,1H3,(H,25,28)(H,26,27). The maximum absolute atomic E-state index is 12.3. The van der Waals surface area contributed by atoms with E-state index in [-0.39, 0.29) is 17.6 Å². The van der Waals surface area contributed by atoms with Gasteiger partial charge in [-0.05, 0) is 48.0 Å². The largest absolute Gasteiger partial charge is 0.497 e. The summed E-state index contributed by atoms with van der Waals surface area (Å²) in [6.45, 7) is 0. The number of hydrogen-bond donors (Lipinski definition) is 2. The minimum atomic E-state index is -0.227. The number of benzene rings is 3. The van der Waals surface area contributed by atoms with E-state index in [0.29, 0.717) is 11.4 Å². The number of ether oxygens (including phenoxy) is 1. The van der Waals surface area contributed by atoms with Gasteiger partial charge in [-0.15, -0.1) is 11.8 Å². The molecule has 0 fully saturated rings. The van der Waals surface area contributed by atoms with Crippen molar-refractivity contribution in [2.45, 2.75) is 4.90 Å². The Hall–Kier alpha value is -3.51. The molecule has 3 rings (SSSR count). The number of carbonyl (C=O) groups excluding carboxylic acids is 2. The molecule has 6 heteroatoms. The lowest BCUT2D eigenvalue weighted by atomic mass is 10.2. The fraction of sp³-hybridized carbons (Fsp3) is 0.0833. The number of anilines is 2. The molecule has 2 N–H and O–H groups in total. The third-order valence-corrected chi connectivity index (χ3v) is 5.18. The summed E-state index contributed by atoms with van der Waals surface area (Å²) < 4.78 is 5.11. The molecule has 0 aliphatic carbocycles. The summed E-state index contributed by atoms with van der Waals surface area (Å²) in [7, 11) is 1.60. The van der Waals surface area contributed by atoms with Gasteiger partial charge in [-0.1, -0.05) is 42.5 Å². The number of carbonyl (C=O) groups is 2. The second-order valence-corrected chi connectivity index (χ2v) is 7.31. The van der Waals surface area contributed by atoms with Crippen LogP contribution in [0.4, 0.5) is 11.4 Å². The van der Waals surface area contributed by atoms with Crippen molar-refractivity contribution in [1.29, 1.82) is 0 Å². The molecule has 0 unspecified atom stereocenters. The molecule has 3 aromatic rings. The molecule has 5 nitrogen and oxygen atoms in total. The molecule has 152 valence electrons. The Kier molecular flexibility index (Phi) is 7.69. The van der Waals surface area contributed by atoms with Crippen molar-refractivity contribution in [3.05, 3.63) is 90.5 Å². The summed E-state index contributed by atoms with van der Waals surface area (Å²) >= 11 is 1.36. The first kappa shape index (κ1) is 21.2. The fourth-order valence-electron chi connectivity index (χ4n) is 2.62. The molecule has 0 aromatic heterocycles. The Morgan fingerprint density at radius 3 is 2.33 bits per heavy atom. The first-order valence-electron chi connectivity index (χ1n) is 9.34. The fourth-order valence-corrected chi connectivity index (χ4v) is 3.43. The zero-order chi connectivity index (χ0) is 21.2. The lowest BCUT2D eigenvalue weighted by molar-refractivity contribution is -0.114. The SMILES string of the molecule is COc1ccc(NC(=O)CSc2ccccc2NC(=O)C=Cc2ccccc2)cc1. The number of para-hydroxylation sites is 1. The van der Waals surface area contributed by atoms with Crippen LogP contribution in [0.25, 0.3) is 6.08 Å². The van der Waals surface area contributed by atoms with E-state index in [4.69, 9.17) is 4.74 Å². The third-order valence-electron chi connectivity index (χ3n) is 4.10. The van der Waals surface area contributed by atoms with Crippen LogP contribution in [0.5, 0.6) is 5.75 Å². The van der Waals surface area contributed by atoms with Gasteiger partial charge in [-0.3, -0.25) is 9.59 Å². The predicted octanol–water partition coefficient (Wildman–Crippen LogP) is 5.08. The lowest BCUT2D eigenvalue weighted by Crippen LogP contribution is -2.14. The zero-order valence-electron chi connectivity index (χ0n) is 16.5. The van der Waals surface area contributed by atoms with E-state index in [0.717, 1.165) is 16.2 Å². The van der Waals surface area contributed by atoms with Crippen LogP contribution in [0.15, 0.2) is 89.8 Å². The van der Waals surface area contributed by atoms with E-state index >= 15 is 0 Å². The molecule has 0 radical (unpaired) electrons. The predicted molar refractivity (Wildman–Crippen MR) is 123 cm³/mol. The van der Waals surface area contributed by atoms with E-state index < -0.39 is 0 Å². The van der Waals surface area contributed by atoms with E-state index in [1.54, 1.807) is 37.5 Å². The highest BCUT2D eigenvalue weighted by molar-refractivity contribution is 8.00. The average molecular weight is 419 g/mol. The molecular weight excluding hydrogens is 396 g/mol. The molecule has 30 heavy (non-hydrogen) atoms. The van der Waals surface area contributed by atoms with Gasteiger partial charge in [0.1, 0.15) is 5.75 Å². The molecule has 0 spiro atoms. The molecule has 0 saturated carbocycles. The Bertz CT molecular complexity index is 1020. The van der Waals surface area contributed by atoms with E-state index in [1.165, 1.54) is 17.8 Å². The number of amides is 2. The highest BCUT2D eigenvalue weighted by Gasteiger charge is 2.09. The van der Waals surface area contributed by atoms with E-state index in [1.807, 2.05) is 54.6 Å². The summed E-state index contributed by atoms with van der Waals surface area (Å²) in [6.07, 6.45) is 3.25. The van der Waals surface area contributed by atoms with Gasteiger partial charge in [-0.25, -0.2) is 0 Å². The van der Waals surface area contributed by atoms with Crippen LogP contribution >= 0.6 is 11.8 Å². The Morgan fingerprint density at radius 1 is 0.900 bits per heavy atom. The summed E-state index contributed by atoms with van der Waals surface area (Å²) in [5, 5.41) is 5.72. The molecule has 0 aliphatic heterocycles. The smallest absolute Gasteiger partial charge is 0.248 e. The van der Waals surface area contributed by atoms with Crippen LogP contribution in [0, 0.1) is 0 Å². The zero-order valence-corrected chi connectivity index (χ0v) is 17.3. The number of thioether (sulfide) groups is 1. The van der Waals surface area contributed by atoms with Crippen LogP contribution in [-0.2, 0) is 9.59 Å². The summed E-state index contributed by atoms with van der Waals surface area (Å²) in [6, 6.07) is 24.2. The summed E-state index contributed by atoms with van der Waals surface area (Å²) in [5.74, 6) is 0.594. The minimum Gasteiger partial charge on any atom is -0.497 e. The molecule has 3 aromatic carbocycles. The average Bonchev–Trinajstić information content (AvgIpc) is 2.78. The molecule has 2 amide bonds. The summed E-state index contributed by atoms with van der Waals surface area (Å²) in [4.78, 5) is 25.4. The van der Waals surface area contributed by atoms with E-state index in [2.05, 4.69) is 10.6 Å². The van der Waals surface area contributed by atoms with Gasteiger partial charge >= 0.3 is 0 Å². The summed E-state index contributed by atoms with van der Waals surface area (Å²) in [5.41, 5.74) is 2.32. The molecule has 0 bridgehead atoms. The van der Waals surface area contributed by atoms with Crippen LogP contribution in [-0.4, -0.2) is 24.7 Å². The maximum Gasteiger partial charge on any atom is 0.248 e. The minimum absolute atomic E-state index is 0.129. The second kappa shape index (κ2) is 10.9. The van der Waals surface area contributed by atoms with Gasteiger partial charge < -0.3 is 15.4 Å². The maximum atomic E-state index is 12.3. The van der Waals surface area contributed by atoms with Gasteiger partial charge in [0.05, 0.1) is 18.6 Å². The van der Waals surface area contributed by atoms with Crippen molar-refractivity contribution in [2.24, 2.45) is 0 Å². The van der Waals surface area contributed by atoms with Crippen molar-refractivity contribution in [2.75, 3.05) is 23.5 Å². The topological polar surface area (TPSA) is 67.4 Å². The number of nitrogens with one attached hydrogen (secondary N) is 2. The highest BCUT2D eigenvalue weighted by atomic mass is 32.2. The number of methoxy groups -OCH3 is 1. The lowest BCUT2D eigenvalue weighted by Gasteiger charge is -2.10. The van der Waals surface area contributed by atoms with Gasteiger partial charge in [-0.2, -0.15) is 0 Å². The first-order chi connectivity index (χ1) is 14.6. The first-order valence-corrected chi connectivity index (χ1v) is 10.3. The quantitative estimate of drug-likeness (QED) is 0.396. The molecule has 0 saturated heterocycles. The van der Waals surface area contributed by atoms with Gasteiger partial charge in [0.25, 0.3) is 0 Å².